The van der Waals surface area contributed by atoms with E-state index in [1.54, 1.807) is 12.1 Å². The molecule has 3 nitrogen and oxygen atoms in total. The molecule has 0 heterocycles. The first kappa shape index (κ1) is 16.2. The van der Waals surface area contributed by atoms with Crippen LogP contribution < -0.4 is 19.7 Å². The number of hydrogen-bond acceptors (Lipinski definition) is 3. The molecule has 0 aliphatic heterocycles. The average Bonchev–Trinajstić information content (AvgIpc) is 2.39. The van der Waals surface area contributed by atoms with Gasteiger partial charge in [0.15, 0.2) is 0 Å². The molecule has 0 aromatic heterocycles. The quantitative estimate of drug-likeness (QED) is 0.767. The SMILES string of the molecule is CCC(F)(F)[Se]c1cc(OC)c(CCN)cc1OC. The van der Waals surface area contributed by atoms with Crippen molar-refractivity contribution in [1.29, 1.82) is 0 Å². The molecule has 2 N–H and O–H groups in total. The van der Waals surface area contributed by atoms with Crippen molar-refractivity contribution in [3.05, 3.63) is 17.7 Å². The van der Waals surface area contributed by atoms with Gasteiger partial charge in [0.2, 0.25) is 0 Å². The minimum absolute atomic E-state index is 0.178. The molecule has 108 valence electrons. The van der Waals surface area contributed by atoms with E-state index in [-0.39, 0.29) is 6.42 Å². The van der Waals surface area contributed by atoms with Crippen molar-refractivity contribution < 1.29 is 18.3 Å². The predicted octanol–water partition coefficient (Wildman–Crippen LogP) is 1.54. The Labute approximate surface area is 118 Å². The zero-order valence-electron chi connectivity index (χ0n) is 11.3. The number of ether oxygens (including phenoxy) is 2. The molecular weight excluding hydrogens is 319 g/mol. The number of methoxy groups -OCH3 is 2. The summed E-state index contributed by atoms with van der Waals surface area (Å²) in [6.45, 7) is 1.95. The first-order chi connectivity index (χ1) is 8.97. The van der Waals surface area contributed by atoms with Crippen LogP contribution in [0.1, 0.15) is 18.9 Å². The fourth-order valence-corrected chi connectivity index (χ4v) is 3.43. The van der Waals surface area contributed by atoms with Crippen molar-refractivity contribution in [1.82, 2.24) is 0 Å². The van der Waals surface area contributed by atoms with Crippen molar-refractivity contribution in [3.63, 3.8) is 0 Å². The Morgan fingerprint density at radius 3 is 2.32 bits per heavy atom. The van der Waals surface area contributed by atoms with Gasteiger partial charge in [-0.1, -0.05) is 0 Å². The Kier molecular flexibility index (Phi) is 6.04. The van der Waals surface area contributed by atoms with E-state index >= 15 is 0 Å². The van der Waals surface area contributed by atoms with Gasteiger partial charge in [0.25, 0.3) is 0 Å². The zero-order valence-corrected chi connectivity index (χ0v) is 13.0. The summed E-state index contributed by atoms with van der Waals surface area (Å²) in [5, 5.41) is 0. The molecule has 0 saturated carbocycles. The first-order valence-electron chi connectivity index (χ1n) is 5.99. The molecule has 6 heteroatoms. The average molecular weight is 338 g/mol. The monoisotopic (exact) mass is 339 g/mol. The van der Waals surface area contributed by atoms with Gasteiger partial charge in [-0.05, 0) is 0 Å². The number of nitrogens with two attached hydrogens (primary N) is 1. The Bertz CT molecular complexity index is 427. The Hall–Kier alpha value is -0.841. The Morgan fingerprint density at radius 1 is 1.21 bits per heavy atom. The van der Waals surface area contributed by atoms with Gasteiger partial charge >= 0.3 is 118 Å². The molecule has 0 fully saturated rings. The van der Waals surface area contributed by atoms with E-state index in [1.807, 2.05) is 0 Å². The zero-order chi connectivity index (χ0) is 14.5. The maximum atomic E-state index is 13.6. The Balaban J connectivity index is 3.16. The molecular formula is C13H19F2NO2Se. The van der Waals surface area contributed by atoms with Crippen LogP contribution in [-0.4, -0.2) is 40.5 Å². The van der Waals surface area contributed by atoms with Crippen molar-refractivity contribution in [2.45, 2.75) is 24.6 Å². The molecule has 1 aromatic rings. The van der Waals surface area contributed by atoms with Crippen molar-refractivity contribution >= 4 is 19.4 Å². The molecule has 0 saturated heterocycles. The summed E-state index contributed by atoms with van der Waals surface area (Å²) in [6, 6.07) is 3.39. The normalized spacial score (nSPS) is 11.5. The van der Waals surface area contributed by atoms with Crippen LogP contribution in [0.5, 0.6) is 11.5 Å². The number of hydrogen-bond donors (Lipinski definition) is 1. The molecule has 0 atom stereocenters. The molecule has 0 spiro atoms. The molecule has 0 radical (unpaired) electrons. The van der Waals surface area contributed by atoms with E-state index in [1.165, 1.54) is 21.1 Å². The fraction of sp³-hybridized carbons (Fsp3) is 0.538. The van der Waals surface area contributed by atoms with E-state index in [4.69, 9.17) is 15.2 Å². The van der Waals surface area contributed by atoms with Gasteiger partial charge in [0.1, 0.15) is 0 Å². The molecule has 0 amide bonds. The second-order valence-corrected chi connectivity index (χ2v) is 6.55. The van der Waals surface area contributed by atoms with E-state index in [0.717, 1.165) is 5.56 Å². The number of rotatable bonds is 7. The summed E-state index contributed by atoms with van der Waals surface area (Å²) in [5.74, 6) is 1.08. The van der Waals surface area contributed by atoms with Gasteiger partial charge in [-0.3, -0.25) is 0 Å². The second kappa shape index (κ2) is 7.08. The summed E-state index contributed by atoms with van der Waals surface area (Å²) in [7, 11) is 3.01. The van der Waals surface area contributed by atoms with Crippen LogP contribution >= 0.6 is 0 Å². The molecule has 0 bridgehead atoms. The minimum atomic E-state index is -2.68. The molecule has 0 aliphatic rings. The number of benzene rings is 1. The molecule has 0 aliphatic carbocycles. The van der Waals surface area contributed by atoms with E-state index < -0.39 is 19.8 Å². The maximum absolute atomic E-state index is 13.6. The topological polar surface area (TPSA) is 44.5 Å². The molecule has 19 heavy (non-hydrogen) atoms. The van der Waals surface area contributed by atoms with Crippen LogP contribution in [-0.2, 0) is 6.42 Å². The standard InChI is InChI=1S/C13H19F2NO2Se/c1-4-13(14,15)19-12-8-10(17-2)9(5-6-16)7-11(12)18-3/h7-8H,4-6,16H2,1-3H3. The first-order valence-corrected chi connectivity index (χ1v) is 7.70. The number of alkyl halides is 2. The molecule has 1 aromatic carbocycles. The van der Waals surface area contributed by atoms with Crippen molar-refractivity contribution in [2.75, 3.05) is 20.8 Å². The third-order valence-corrected chi connectivity index (χ3v) is 5.01. The third-order valence-electron chi connectivity index (χ3n) is 2.65. The van der Waals surface area contributed by atoms with Gasteiger partial charge in [-0.15, -0.1) is 0 Å². The van der Waals surface area contributed by atoms with Crippen molar-refractivity contribution in [2.24, 2.45) is 5.73 Å². The predicted molar refractivity (Wildman–Crippen MR) is 72.9 cm³/mol. The summed E-state index contributed by atoms with van der Waals surface area (Å²) >= 11 is -0.985. The fourth-order valence-electron chi connectivity index (χ4n) is 1.60. The van der Waals surface area contributed by atoms with Crippen LogP contribution in [0.4, 0.5) is 8.78 Å². The molecule has 1 rings (SSSR count). The van der Waals surface area contributed by atoms with E-state index in [9.17, 15) is 8.78 Å². The van der Waals surface area contributed by atoms with Gasteiger partial charge < -0.3 is 0 Å². The summed E-state index contributed by atoms with van der Waals surface area (Å²) in [6.07, 6.45) is 0.444. The van der Waals surface area contributed by atoms with E-state index in [0.29, 0.717) is 28.9 Å². The van der Waals surface area contributed by atoms with Gasteiger partial charge in [-0.2, -0.15) is 0 Å². The van der Waals surface area contributed by atoms with Crippen LogP contribution in [0.25, 0.3) is 0 Å². The van der Waals surface area contributed by atoms with Crippen molar-refractivity contribution in [3.8, 4) is 11.5 Å². The summed E-state index contributed by atoms with van der Waals surface area (Å²) < 4.78 is 38.1. The van der Waals surface area contributed by atoms with Crippen LogP contribution in [0.2, 0.25) is 0 Å². The third kappa shape index (κ3) is 4.34. The second-order valence-electron chi connectivity index (χ2n) is 3.95. The van der Waals surface area contributed by atoms with E-state index in [2.05, 4.69) is 0 Å². The van der Waals surface area contributed by atoms with Gasteiger partial charge in [-0.25, -0.2) is 0 Å². The van der Waals surface area contributed by atoms with Gasteiger partial charge in [0.05, 0.1) is 0 Å². The van der Waals surface area contributed by atoms with Crippen LogP contribution in [0, 0.1) is 0 Å². The summed E-state index contributed by atoms with van der Waals surface area (Å²) in [5.41, 5.74) is 6.40. The van der Waals surface area contributed by atoms with Gasteiger partial charge in [0, 0.05) is 0 Å². The molecule has 0 unspecified atom stereocenters. The van der Waals surface area contributed by atoms with Crippen LogP contribution in [0.3, 0.4) is 0 Å². The summed E-state index contributed by atoms with van der Waals surface area (Å²) in [4.78, 5) is -2.68. The van der Waals surface area contributed by atoms with Crippen LogP contribution in [0.15, 0.2) is 12.1 Å². The Morgan fingerprint density at radius 2 is 1.84 bits per heavy atom. The number of halogens is 2.